The number of hydrogen-bond donors (Lipinski definition) is 2. The van der Waals surface area contributed by atoms with Gasteiger partial charge in [0.25, 0.3) is 0 Å². The summed E-state index contributed by atoms with van der Waals surface area (Å²) < 4.78 is 2.07. The van der Waals surface area contributed by atoms with Crippen molar-refractivity contribution in [2.45, 2.75) is 52.5 Å². The Morgan fingerprint density at radius 2 is 2.18 bits per heavy atom. The second-order valence-corrected chi connectivity index (χ2v) is 5.18. The van der Waals surface area contributed by atoms with Gasteiger partial charge in [-0.1, -0.05) is 39.2 Å². The van der Waals surface area contributed by atoms with Gasteiger partial charge in [-0.15, -0.1) is 16.8 Å². The zero-order valence-corrected chi connectivity index (χ0v) is 14.0. The minimum Gasteiger partial charge on any atom is -0.355 e. The van der Waals surface area contributed by atoms with Crippen LogP contribution in [0.5, 0.6) is 0 Å². The van der Waals surface area contributed by atoms with E-state index in [9.17, 15) is 0 Å². The Kier molecular flexibility index (Phi) is 9.74. The summed E-state index contributed by atoms with van der Waals surface area (Å²) in [6.07, 6.45) is 9.43. The minimum absolute atomic E-state index is 0.716. The van der Waals surface area contributed by atoms with Crippen LogP contribution >= 0.6 is 0 Å². The van der Waals surface area contributed by atoms with E-state index in [2.05, 4.69) is 50.8 Å². The molecule has 6 heteroatoms. The molecule has 0 amide bonds. The maximum Gasteiger partial charge on any atom is 0.191 e. The van der Waals surface area contributed by atoms with Crippen LogP contribution in [0.25, 0.3) is 0 Å². The first-order chi connectivity index (χ1) is 10.8. The van der Waals surface area contributed by atoms with Gasteiger partial charge in [-0.05, 0) is 6.42 Å². The molecule has 0 aliphatic carbocycles. The molecule has 1 aromatic rings. The average Bonchev–Trinajstić information content (AvgIpc) is 2.99. The van der Waals surface area contributed by atoms with Gasteiger partial charge >= 0.3 is 0 Å². The molecule has 0 atom stereocenters. The van der Waals surface area contributed by atoms with Gasteiger partial charge in [0.05, 0.1) is 0 Å². The molecule has 0 aliphatic rings. The van der Waals surface area contributed by atoms with Crippen molar-refractivity contribution in [1.82, 2.24) is 25.4 Å². The van der Waals surface area contributed by atoms with E-state index < -0.39 is 0 Å². The van der Waals surface area contributed by atoms with E-state index in [1.165, 1.54) is 19.3 Å². The molecule has 22 heavy (non-hydrogen) atoms. The van der Waals surface area contributed by atoms with E-state index >= 15 is 0 Å². The highest BCUT2D eigenvalue weighted by molar-refractivity contribution is 5.79. The zero-order chi connectivity index (χ0) is 16.0. The predicted octanol–water partition coefficient (Wildman–Crippen LogP) is 2.14. The Morgan fingerprint density at radius 3 is 2.91 bits per heavy atom. The van der Waals surface area contributed by atoms with Crippen molar-refractivity contribution in [3.05, 3.63) is 24.8 Å². The first-order valence-corrected chi connectivity index (χ1v) is 8.31. The van der Waals surface area contributed by atoms with E-state index in [4.69, 9.17) is 0 Å². The summed E-state index contributed by atoms with van der Waals surface area (Å²) in [7, 11) is 0. The number of aryl methyl sites for hydroxylation is 1. The second-order valence-electron chi connectivity index (χ2n) is 5.18. The van der Waals surface area contributed by atoms with Gasteiger partial charge < -0.3 is 15.2 Å². The Bertz CT molecular complexity index is 438. The lowest BCUT2D eigenvalue weighted by Gasteiger charge is -2.12. The summed E-state index contributed by atoms with van der Waals surface area (Å²) in [6, 6.07) is 0. The number of guanidine groups is 1. The lowest BCUT2D eigenvalue weighted by molar-refractivity contribution is 0.630. The molecule has 0 aliphatic heterocycles. The summed E-state index contributed by atoms with van der Waals surface area (Å²) in [5, 5.41) is 14.6. The highest BCUT2D eigenvalue weighted by Gasteiger charge is 2.02. The fourth-order valence-corrected chi connectivity index (χ4v) is 2.11. The van der Waals surface area contributed by atoms with Crippen LogP contribution in [0.4, 0.5) is 0 Å². The van der Waals surface area contributed by atoms with Crippen molar-refractivity contribution in [1.29, 1.82) is 0 Å². The van der Waals surface area contributed by atoms with Crippen LogP contribution < -0.4 is 10.6 Å². The minimum atomic E-state index is 0.716. The molecule has 124 valence electrons. The fraction of sp³-hybridized carbons (Fsp3) is 0.688. The quantitative estimate of drug-likeness (QED) is 0.284. The number of unbranched alkanes of at least 4 members (excludes halogenated alkanes) is 3. The van der Waals surface area contributed by atoms with E-state index in [-0.39, 0.29) is 0 Å². The maximum atomic E-state index is 4.60. The van der Waals surface area contributed by atoms with Crippen LogP contribution in [0.2, 0.25) is 0 Å². The van der Waals surface area contributed by atoms with Crippen LogP contribution in [0.15, 0.2) is 24.0 Å². The normalized spacial score (nSPS) is 11.5. The maximum absolute atomic E-state index is 4.60. The van der Waals surface area contributed by atoms with Crippen molar-refractivity contribution in [2.24, 2.45) is 4.99 Å². The third kappa shape index (κ3) is 7.24. The third-order valence-electron chi connectivity index (χ3n) is 3.35. The molecule has 2 N–H and O–H groups in total. The van der Waals surface area contributed by atoms with E-state index in [1.807, 2.05) is 6.08 Å². The van der Waals surface area contributed by atoms with Crippen molar-refractivity contribution in [3.63, 3.8) is 0 Å². The summed E-state index contributed by atoms with van der Waals surface area (Å²) >= 11 is 0. The Labute approximate surface area is 134 Å². The summed E-state index contributed by atoms with van der Waals surface area (Å²) in [5.74, 6) is 1.86. The number of hydrogen-bond acceptors (Lipinski definition) is 3. The third-order valence-corrected chi connectivity index (χ3v) is 3.35. The second kappa shape index (κ2) is 11.8. The van der Waals surface area contributed by atoms with Gasteiger partial charge in [0, 0.05) is 32.6 Å². The Balaban J connectivity index is 2.36. The highest BCUT2D eigenvalue weighted by atomic mass is 15.3. The molecule has 0 aromatic carbocycles. The number of rotatable bonds is 11. The first-order valence-electron chi connectivity index (χ1n) is 8.31. The van der Waals surface area contributed by atoms with Crippen LogP contribution in [-0.2, 0) is 13.0 Å². The average molecular weight is 306 g/mol. The van der Waals surface area contributed by atoms with Crippen molar-refractivity contribution >= 4 is 5.96 Å². The number of nitrogens with zero attached hydrogens (tertiary/aromatic N) is 4. The molecule has 6 nitrogen and oxygen atoms in total. The standard InChI is InChI=1S/C16H30N6/c1-4-7-8-9-11-18-16(17-10-5-2)19-12-13-22-14-20-21-15(22)6-3/h5,14H,2,4,6-13H2,1,3H3,(H2,17,18,19). The molecule has 0 bridgehead atoms. The molecule has 1 aromatic heterocycles. The predicted molar refractivity (Wildman–Crippen MR) is 92.0 cm³/mol. The summed E-state index contributed by atoms with van der Waals surface area (Å²) in [6.45, 7) is 11.2. The molecule has 0 spiro atoms. The SMILES string of the molecule is C=CCNC(=NCCCCCC)NCCn1cnnc1CC. The largest absolute Gasteiger partial charge is 0.355 e. The van der Waals surface area contributed by atoms with Crippen LogP contribution in [0, 0.1) is 0 Å². The monoisotopic (exact) mass is 306 g/mol. The summed E-state index contributed by atoms with van der Waals surface area (Å²) in [5.41, 5.74) is 0. The van der Waals surface area contributed by atoms with Crippen molar-refractivity contribution in [3.8, 4) is 0 Å². The number of aromatic nitrogens is 3. The van der Waals surface area contributed by atoms with Crippen LogP contribution in [0.3, 0.4) is 0 Å². The molecule has 0 radical (unpaired) electrons. The van der Waals surface area contributed by atoms with E-state index in [0.29, 0.717) is 6.54 Å². The molecule has 0 unspecified atom stereocenters. The lowest BCUT2D eigenvalue weighted by atomic mass is 10.2. The van der Waals surface area contributed by atoms with Crippen LogP contribution in [0.1, 0.15) is 45.4 Å². The highest BCUT2D eigenvalue weighted by Crippen LogP contribution is 1.98. The molecule has 1 heterocycles. The molecule has 0 fully saturated rings. The van der Waals surface area contributed by atoms with Gasteiger partial charge in [0.1, 0.15) is 12.2 Å². The van der Waals surface area contributed by atoms with Gasteiger partial charge in [-0.3, -0.25) is 4.99 Å². The first kappa shape index (κ1) is 18.2. The smallest absolute Gasteiger partial charge is 0.191 e. The lowest BCUT2D eigenvalue weighted by Crippen LogP contribution is -2.39. The van der Waals surface area contributed by atoms with Gasteiger partial charge in [0.15, 0.2) is 5.96 Å². The topological polar surface area (TPSA) is 67.1 Å². The molecule has 1 rings (SSSR count). The molecule has 0 saturated heterocycles. The fourth-order valence-electron chi connectivity index (χ4n) is 2.11. The van der Waals surface area contributed by atoms with Gasteiger partial charge in [-0.25, -0.2) is 0 Å². The Morgan fingerprint density at radius 1 is 1.32 bits per heavy atom. The van der Waals surface area contributed by atoms with Crippen molar-refractivity contribution in [2.75, 3.05) is 19.6 Å². The Hall–Kier alpha value is -1.85. The molecule has 0 saturated carbocycles. The number of aliphatic imine (C=N–C) groups is 1. The van der Waals surface area contributed by atoms with E-state index in [1.54, 1.807) is 6.33 Å². The zero-order valence-electron chi connectivity index (χ0n) is 14.0. The molecular weight excluding hydrogens is 276 g/mol. The summed E-state index contributed by atoms with van der Waals surface area (Å²) in [4.78, 5) is 4.60. The van der Waals surface area contributed by atoms with Gasteiger partial charge in [0.2, 0.25) is 0 Å². The van der Waals surface area contributed by atoms with Gasteiger partial charge in [-0.2, -0.15) is 0 Å². The van der Waals surface area contributed by atoms with E-state index in [0.717, 1.165) is 44.3 Å². The number of nitrogens with one attached hydrogen (secondary N) is 2. The van der Waals surface area contributed by atoms with Crippen molar-refractivity contribution < 1.29 is 0 Å². The molecular formula is C16H30N6. The van der Waals surface area contributed by atoms with Crippen LogP contribution in [-0.4, -0.2) is 40.4 Å².